The number of nitrogens with one attached hydrogen (secondary N) is 1. The smallest absolute Gasteiger partial charge is 0.268 e. The molecule has 0 aliphatic heterocycles. The molecule has 0 aliphatic rings. The summed E-state index contributed by atoms with van der Waals surface area (Å²) in [5, 5.41) is 2.97. The standard InChI is InChI=1S/C20H20N2OS/c1-2-3-7-15-10-12-17(13-11-15)22-20(23)19-18(21-14-24-19)16-8-5-4-6-9-16/h4-6,8-14H,2-3,7H2,1H3,(H,22,23). The highest BCUT2D eigenvalue weighted by molar-refractivity contribution is 7.12. The third-order valence-corrected chi connectivity index (χ3v) is 4.68. The first-order valence-electron chi connectivity index (χ1n) is 8.17. The number of benzene rings is 2. The van der Waals surface area contributed by atoms with Crippen LogP contribution in [0.4, 0.5) is 5.69 Å². The summed E-state index contributed by atoms with van der Waals surface area (Å²) in [5.41, 5.74) is 5.52. The number of unbranched alkanes of at least 4 members (excludes halogenated alkanes) is 1. The van der Waals surface area contributed by atoms with E-state index < -0.39 is 0 Å². The molecule has 1 amide bonds. The molecular weight excluding hydrogens is 316 g/mol. The van der Waals surface area contributed by atoms with Gasteiger partial charge in [0.2, 0.25) is 0 Å². The van der Waals surface area contributed by atoms with E-state index in [1.165, 1.54) is 29.7 Å². The molecule has 3 rings (SSSR count). The van der Waals surface area contributed by atoms with E-state index in [4.69, 9.17) is 0 Å². The van der Waals surface area contributed by atoms with Crippen LogP contribution in [0.25, 0.3) is 11.3 Å². The van der Waals surface area contributed by atoms with Crippen LogP contribution in [-0.2, 0) is 6.42 Å². The highest BCUT2D eigenvalue weighted by Gasteiger charge is 2.16. The van der Waals surface area contributed by atoms with Gasteiger partial charge in [-0.25, -0.2) is 4.98 Å². The minimum Gasteiger partial charge on any atom is -0.321 e. The second-order valence-electron chi connectivity index (χ2n) is 5.65. The highest BCUT2D eigenvalue weighted by atomic mass is 32.1. The Morgan fingerprint density at radius 2 is 1.83 bits per heavy atom. The third-order valence-electron chi connectivity index (χ3n) is 3.85. The van der Waals surface area contributed by atoms with Gasteiger partial charge in [-0.2, -0.15) is 0 Å². The Morgan fingerprint density at radius 3 is 2.54 bits per heavy atom. The molecule has 0 saturated carbocycles. The zero-order chi connectivity index (χ0) is 16.8. The van der Waals surface area contributed by atoms with Crippen LogP contribution in [0.2, 0.25) is 0 Å². The Hall–Kier alpha value is -2.46. The molecule has 1 heterocycles. The van der Waals surface area contributed by atoms with Gasteiger partial charge in [0.1, 0.15) is 4.88 Å². The number of carbonyl (C=O) groups excluding carboxylic acids is 1. The first kappa shape index (κ1) is 16.4. The van der Waals surface area contributed by atoms with Crippen molar-refractivity contribution in [3.63, 3.8) is 0 Å². The second kappa shape index (κ2) is 7.88. The Balaban J connectivity index is 1.73. The Morgan fingerprint density at radius 1 is 1.08 bits per heavy atom. The molecule has 3 nitrogen and oxygen atoms in total. The quantitative estimate of drug-likeness (QED) is 0.654. The van der Waals surface area contributed by atoms with Crippen molar-refractivity contribution in [1.82, 2.24) is 4.98 Å². The number of amides is 1. The lowest BCUT2D eigenvalue weighted by atomic mass is 10.1. The summed E-state index contributed by atoms with van der Waals surface area (Å²) in [6, 6.07) is 17.9. The fourth-order valence-corrected chi connectivity index (χ4v) is 3.24. The zero-order valence-electron chi connectivity index (χ0n) is 13.7. The van der Waals surface area contributed by atoms with E-state index >= 15 is 0 Å². The summed E-state index contributed by atoms with van der Waals surface area (Å²) < 4.78 is 0. The number of nitrogens with zero attached hydrogens (tertiary/aromatic N) is 1. The van der Waals surface area contributed by atoms with Crippen LogP contribution in [0, 0.1) is 0 Å². The monoisotopic (exact) mass is 336 g/mol. The van der Waals surface area contributed by atoms with Crippen molar-refractivity contribution in [2.75, 3.05) is 5.32 Å². The fraction of sp³-hybridized carbons (Fsp3) is 0.200. The molecule has 0 atom stereocenters. The van der Waals surface area contributed by atoms with Gasteiger partial charge in [0.15, 0.2) is 0 Å². The molecule has 0 saturated heterocycles. The number of hydrogen-bond acceptors (Lipinski definition) is 3. The first-order chi connectivity index (χ1) is 11.8. The van der Waals surface area contributed by atoms with Crippen LogP contribution in [0.15, 0.2) is 60.1 Å². The first-order valence-corrected chi connectivity index (χ1v) is 9.05. The number of rotatable bonds is 6. The number of carbonyl (C=O) groups is 1. The Bertz CT molecular complexity index is 794. The van der Waals surface area contributed by atoms with Crippen LogP contribution in [-0.4, -0.2) is 10.9 Å². The summed E-state index contributed by atoms with van der Waals surface area (Å²) in [5.74, 6) is -0.113. The number of thiazole rings is 1. The van der Waals surface area contributed by atoms with Crippen molar-refractivity contribution in [2.45, 2.75) is 26.2 Å². The molecule has 0 radical (unpaired) electrons. The SMILES string of the molecule is CCCCc1ccc(NC(=O)c2scnc2-c2ccccc2)cc1. The highest BCUT2D eigenvalue weighted by Crippen LogP contribution is 2.26. The van der Waals surface area contributed by atoms with Crippen molar-refractivity contribution < 1.29 is 4.79 Å². The van der Waals surface area contributed by atoms with E-state index in [2.05, 4.69) is 29.4 Å². The van der Waals surface area contributed by atoms with Crippen LogP contribution in [0.5, 0.6) is 0 Å². The molecular formula is C20H20N2OS. The minimum atomic E-state index is -0.113. The third kappa shape index (κ3) is 3.89. The van der Waals surface area contributed by atoms with Crippen molar-refractivity contribution in [1.29, 1.82) is 0 Å². The molecule has 1 aromatic heterocycles. The molecule has 24 heavy (non-hydrogen) atoms. The van der Waals surface area contributed by atoms with Gasteiger partial charge in [-0.1, -0.05) is 55.8 Å². The van der Waals surface area contributed by atoms with Crippen LogP contribution in [0.1, 0.15) is 35.0 Å². The van der Waals surface area contributed by atoms with Gasteiger partial charge in [-0.3, -0.25) is 4.79 Å². The number of hydrogen-bond donors (Lipinski definition) is 1. The van der Waals surface area contributed by atoms with Gasteiger partial charge >= 0.3 is 0 Å². The number of anilines is 1. The van der Waals surface area contributed by atoms with Crippen molar-refractivity contribution in [3.05, 3.63) is 70.5 Å². The topological polar surface area (TPSA) is 42.0 Å². The van der Waals surface area contributed by atoms with Gasteiger partial charge < -0.3 is 5.32 Å². The average Bonchev–Trinajstić information content (AvgIpc) is 3.12. The predicted molar refractivity (Wildman–Crippen MR) is 101 cm³/mol. The van der Waals surface area contributed by atoms with Crippen molar-refractivity contribution in [3.8, 4) is 11.3 Å². The Labute approximate surface area is 146 Å². The summed E-state index contributed by atoms with van der Waals surface area (Å²) in [7, 11) is 0. The maximum atomic E-state index is 12.6. The molecule has 2 aromatic carbocycles. The average molecular weight is 336 g/mol. The maximum Gasteiger partial charge on any atom is 0.268 e. The minimum absolute atomic E-state index is 0.113. The molecule has 0 fully saturated rings. The lowest BCUT2D eigenvalue weighted by Crippen LogP contribution is -2.11. The fourth-order valence-electron chi connectivity index (χ4n) is 2.53. The van der Waals surface area contributed by atoms with Gasteiger partial charge in [-0.15, -0.1) is 11.3 Å². The molecule has 3 aromatic rings. The van der Waals surface area contributed by atoms with Crippen molar-refractivity contribution in [2.24, 2.45) is 0 Å². The van der Waals surface area contributed by atoms with Crippen molar-refractivity contribution >= 4 is 22.9 Å². The lowest BCUT2D eigenvalue weighted by Gasteiger charge is -2.07. The van der Waals surface area contributed by atoms with E-state index in [1.807, 2.05) is 42.5 Å². The van der Waals surface area contributed by atoms with Gasteiger partial charge in [0, 0.05) is 11.3 Å². The van der Waals surface area contributed by atoms with Gasteiger partial charge in [-0.05, 0) is 30.5 Å². The van der Waals surface area contributed by atoms with Gasteiger partial charge in [0.05, 0.1) is 11.2 Å². The van der Waals surface area contributed by atoms with Crippen LogP contribution in [0.3, 0.4) is 0 Å². The van der Waals surface area contributed by atoms with Crippen LogP contribution >= 0.6 is 11.3 Å². The lowest BCUT2D eigenvalue weighted by molar-refractivity contribution is 0.103. The molecule has 0 bridgehead atoms. The summed E-state index contributed by atoms with van der Waals surface area (Å²) in [6.07, 6.45) is 3.46. The van der Waals surface area contributed by atoms with Gasteiger partial charge in [0.25, 0.3) is 5.91 Å². The van der Waals surface area contributed by atoms with E-state index in [-0.39, 0.29) is 5.91 Å². The second-order valence-corrected chi connectivity index (χ2v) is 6.51. The van der Waals surface area contributed by atoms with E-state index in [0.29, 0.717) is 4.88 Å². The molecule has 0 aliphatic carbocycles. The molecule has 122 valence electrons. The molecule has 0 unspecified atom stereocenters. The van der Waals surface area contributed by atoms with Crippen LogP contribution < -0.4 is 5.32 Å². The van der Waals surface area contributed by atoms with E-state index in [1.54, 1.807) is 5.51 Å². The zero-order valence-corrected chi connectivity index (χ0v) is 14.5. The maximum absolute atomic E-state index is 12.6. The molecule has 1 N–H and O–H groups in total. The van der Waals surface area contributed by atoms with E-state index in [9.17, 15) is 4.79 Å². The van der Waals surface area contributed by atoms with E-state index in [0.717, 1.165) is 23.4 Å². The Kier molecular flexibility index (Phi) is 5.39. The summed E-state index contributed by atoms with van der Waals surface area (Å²) >= 11 is 1.36. The molecule has 0 spiro atoms. The number of aryl methyl sites for hydroxylation is 1. The predicted octanol–water partition coefficient (Wildman–Crippen LogP) is 5.41. The number of aromatic nitrogens is 1. The summed E-state index contributed by atoms with van der Waals surface area (Å²) in [6.45, 7) is 2.19. The normalized spacial score (nSPS) is 10.5. The largest absolute Gasteiger partial charge is 0.321 e. The summed E-state index contributed by atoms with van der Waals surface area (Å²) in [4.78, 5) is 17.6. The molecule has 4 heteroatoms.